The van der Waals surface area contributed by atoms with Crippen molar-refractivity contribution in [1.82, 2.24) is 37.8 Å². The van der Waals surface area contributed by atoms with Gasteiger partial charge in [0.15, 0.2) is 0 Å². The number of aromatic nitrogens is 8. The summed E-state index contributed by atoms with van der Waals surface area (Å²) in [5.41, 5.74) is 17.4. The number of amides is 4. The fourth-order valence-corrected chi connectivity index (χ4v) is 7.21. The van der Waals surface area contributed by atoms with Gasteiger partial charge in [0.2, 0.25) is 23.1 Å². The zero-order valence-electron chi connectivity index (χ0n) is 33.7. The van der Waals surface area contributed by atoms with Crippen LogP contribution in [-0.2, 0) is 40.3 Å². The van der Waals surface area contributed by atoms with Gasteiger partial charge in [-0.05, 0) is 89.4 Å². The third kappa shape index (κ3) is 8.13. The molecule has 6 aromatic rings. The van der Waals surface area contributed by atoms with Crippen LogP contribution in [0.25, 0.3) is 22.1 Å². The van der Waals surface area contributed by atoms with E-state index in [-0.39, 0.29) is 18.8 Å². The van der Waals surface area contributed by atoms with Gasteiger partial charge < -0.3 is 39.6 Å². The van der Waals surface area contributed by atoms with E-state index in [1.165, 1.54) is 0 Å². The fraction of sp³-hybridized carbons (Fsp3) is 0.400. The van der Waals surface area contributed by atoms with E-state index < -0.39 is 23.6 Å². The summed E-state index contributed by atoms with van der Waals surface area (Å²) in [6, 6.07) is 11.8. The predicted octanol–water partition coefficient (Wildman–Crippen LogP) is 2.63. The summed E-state index contributed by atoms with van der Waals surface area (Å²) in [6.07, 6.45) is 2.37. The Morgan fingerprint density at radius 3 is 1.78 bits per heavy atom. The molecule has 0 radical (unpaired) electrons. The molecule has 0 unspecified atom stereocenters. The molecule has 4 heterocycles. The van der Waals surface area contributed by atoms with E-state index in [9.17, 15) is 24.3 Å². The van der Waals surface area contributed by atoms with Gasteiger partial charge in [0.25, 0.3) is 11.8 Å². The average Bonchev–Trinajstić information content (AvgIpc) is 3.92. The number of hydrogen-bond acceptors (Lipinski definition) is 8. The minimum absolute atomic E-state index is 0.0830. The standard InChI is InChI=1S/C40H50N12O6/c1-7-51-31(19-24(3)45-51)37(56)43-39-47(5)29-21-26(35(41)54)13-14-28(29)49(39)15-10-9-11-16-50-34-30(22-27(36(42)55)23-33(34)58-18-12-17-53)48(6)40(50)44-38(57)32-20-25(4)46-52(32)8-2/h13-14,19-23,53H,7-12,15-18H2,1-6H3,(H2,41,54)(H2,42,55). The molecule has 4 aromatic heterocycles. The van der Waals surface area contributed by atoms with E-state index in [4.69, 9.17) is 16.2 Å². The van der Waals surface area contributed by atoms with E-state index in [1.54, 1.807) is 75.1 Å². The van der Waals surface area contributed by atoms with Gasteiger partial charge in [0.05, 0.1) is 34.5 Å². The first-order valence-corrected chi connectivity index (χ1v) is 19.3. The number of nitrogens with two attached hydrogens (primary N) is 2. The summed E-state index contributed by atoms with van der Waals surface area (Å²) >= 11 is 0. The van der Waals surface area contributed by atoms with Crippen molar-refractivity contribution in [2.45, 2.75) is 79.6 Å². The smallest absolute Gasteiger partial charge is 0.298 e. The molecule has 0 bridgehead atoms. The number of imidazole rings is 2. The first-order valence-electron chi connectivity index (χ1n) is 19.3. The van der Waals surface area contributed by atoms with Crippen molar-refractivity contribution >= 4 is 45.7 Å². The van der Waals surface area contributed by atoms with E-state index >= 15 is 0 Å². The van der Waals surface area contributed by atoms with Crippen LogP contribution in [0, 0.1) is 13.8 Å². The number of fused-ring (bicyclic) bond motifs is 2. The maximum atomic E-state index is 13.7. The summed E-state index contributed by atoms with van der Waals surface area (Å²) in [5, 5.41) is 18.3. The van der Waals surface area contributed by atoms with E-state index in [2.05, 4.69) is 20.2 Å². The Morgan fingerprint density at radius 1 is 0.690 bits per heavy atom. The number of benzene rings is 2. The lowest BCUT2D eigenvalue weighted by Crippen LogP contribution is -2.27. The molecular formula is C40H50N12O6. The van der Waals surface area contributed by atoms with E-state index in [0.29, 0.717) is 114 Å². The molecular weight excluding hydrogens is 745 g/mol. The highest BCUT2D eigenvalue weighted by molar-refractivity contribution is 5.99. The van der Waals surface area contributed by atoms with Gasteiger partial charge in [-0.25, -0.2) is 0 Å². The van der Waals surface area contributed by atoms with Gasteiger partial charge >= 0.3 is 0 Å². The van der Waals surface area contributed by atoms with Crippen molar-refractivity contribution in [2.75, 3.05) is 13.2 Å². The average molecular weight is 795 g/mol. The molecule has 5 N–H and O–H groups in total. The monoisotopic (exact) mass is 794 g/mol. The third-order valence-corrected chi connectivity index (χ3v) is 10.0. The first-order chi connectivity index (χ1) is 27.8. The highest BCUT2D eigenvalue weighted by Crippen LogP contribution is 2.28. The summed E-state index contributed by atoms with van der Waals surface area (Å²) in [4.78, 5) is 61.0. The number of aliphatic hydroxyl groups is 1. The van der Waals surface area contributed by atoms with E-state index in [1.807, 2.05) is 36.8 Å². The van der Waals surface area contributed by atoms with Gasteiger partial charge in [-0.15, -0.1) is 0 Å². The quantitative estimate of drug-likeness (QED) is 0.123. The van der Waals surface area contributed by atoms with Crippen LogP contribution in [0.2, 0.25) is 0 Å². The molecule has 306 valence electrons. The molecule has 0 aliphatic rings. The van der Waals surface area contributed by atoms with Gasteiger partial charge in [-0.1, -0.05) is 0 Å². The number of rotatable bonds is 16. The molecule has 0 saturated heterocycles. The predicted molar refractivity (Wildman–Crippen MR) is 215 cm³/mol. The lowest BCUT2D eigenvalue weighted by atomic mass is 10.1. The second-order valence-corrected chi connectivity index (χ2v) is 14.1. The van der Waals surface area contributed by atoms with Crippen LogP contribution in [0.15, 0.2) is 52.4 Å². The number of aliphatic hydroxyl groups excluding tert-OH is 1. The molecule has 0 aliphatic heterocycles. The molecule has 0 atom stereocenters. The Morgan fingerprint density at radius 2 is 1.22 bits per heavy atom. The number of nitrogens with zero attached hydrogens (tertiary/aromatic N) is 10. The zero-order valence-corrected chi connectivity index (χ0v) is 33.7. The van der Waals surface area contributed by atoms with Crippen LogP contribution in [0.3, 0.4) is 0 Å². The van der Waals surface area contributed by atoms with Gasteiger partial charge in [-0.3, -0.25) is 28.5 Å². The fourth-order valence-electron chi connectivity index (χ4n) is 7.21. The van der Waals surface area contributed by atoms with Crippen LogP contribution in [0.4, 0.5) is 0 Å². The van der Waals surface area contributed by atoms with Crippen molar-refractivity contribution in [3.05, 3.63) is 87.6 Å². The van der Waals surface area contributed by atoms with Crippen LogP contribution in [0.5, 0.6) is 5.75 Å². The summed E-state index contributed by atoms with van der Waals surface area (Å²) in [6.45, 7) is 9.43. The number of ether oxygens (including phenoxy) is 1. The summed E-state index contributed by atoms with van der Waals surface area (Å²) in [7, 11) is 3.55. The molecule has 0 saturated carbocycles. The molecule has 18 heteroatoms. The van der Waals surface area contributed by atoms with Crippen LogP contribution in [0.1, 0.15) is 92.6 Å². The molecule has 6 rings (SSSR count). The van der Waals surface area contributed by atoms with Crippen LogP contribution in [-0.4, -0.2) is 79.8 Å². The molecule has 2 aromatic carbocycles. The highest BCUT2D eigenvalue weighted by Gasteiger charge is 2.21. The molecule has 0 fully saturated rings. The molecule has 4 amide bonds. The number of hydrogen-bond donors (Lipinski definition) is 3. The third-order valence-electron chi connectivity index (χ3n) is 10.0. The summed E-state index contributed by atoms with van der Waals surface area (Å²) < 4.78 is 16.7. The number of unbranched alkanes of at least 4 members (excludes halogenated alkanes) is 2. The Labute approximate surface area is 333 Å². The number of carbonyl (C=O) groups excluding carboxylic acids is 4. The topological polar surface area (TPSA) is 230 Å². The van der Waals surface area contributed by atoms with Gasteiger partial charge in [0.1, 0.15) is 22.7 Å². The maximum Gasteiger partial charge on any atom is 0.298 e. The lowest BCUT2D eigenvalue weighted by Gasteiger charge is -2.12. The minimum atomic E-state index is -0.644. The maximum absolute atomic E-state index is 13.7. The second-order valence-electron chi connectivity index (χ2n) is 14.1. The normalized spacial score (nSPS) is 12.3. The van der Waals surface area contributed by atoms with Gasteiger partial charge in [-0.2, -0.15) is 20.2 Å². The van der Waals surface area contributed by atoms with Crippen LogP contribution >= 0.6 is 0 Å². The van der Waals surface area contributed by atoms with Crippen molar-refractivity contribution in [2.24, 2.45) is 35.5 Å². The molecule has 58 heavy (non-hydrogen) atoms. The first kappa shape index (κ1) is 41.1. The largest absolute Gasteiger partial charge is 0.491 e. The SMILES string of the molecule is CCn1nc(C)cc1C(=O)N=c1n(C)c2cc(C(N)=O)ccc2n1CCCCCn1c(=NC(=O)c2cc(C)nn2CC)n(C)c2cc(C(N)=O)cc(OCCCO)c21. The highest BCUT2D eigenvalue weighted by atomic mass is 16.5. The van der Waals surface area contributed by atoms with E-state index in [0.717, 1.165) is 5.52 Å². The van der Waals surface area contributed by atoms with Crippen LogP contribution < -0.4 is 27.4 Å². The van der Waals surface area contributed by atoms with Crippen molar-refractivity contribution in [1.29, 1.82) is 0 Å². The van der Waals surface area contributed by atoms with Crippen molar-refractivity contribution in [3.8, 4) is 5.75 Å². The number of carbonyl (C=O) groups is 4. The van der Waals surface area contributed by atoms with Crippen molar-refractivity contribution in [3.63, 3.8) is 0 Å². The van der Waals surface area contributed by atoms with Crippen molar-refractivity contribution < 1.29 is 29.0 Å². The summed E-state index contributed by atoms with van der Waals surface area (Å²) in [5.74, 6) is -1.76. The molecule has 0 aliphatic carbocycles. The molecule has 0 spiro atoms. The zero-order chi connectivity index (χ0) is 41.8. The number of aryl methyl sites for hydroxylation is 8. The Kier molecular flexibility index (Phi) is 12.2. The Bertz CT molecular complexity index is 2700. The lowest BCUT2D eigenvalue weighted by molar-refractivity contribution is 0.0977. The molecule has 18 nitrogen and oxygen atoms in total. The second kappa shape index (κ2) is 17.3. The number of primary amides is 2. The van der Waals surface area contributed by atoms with Gasteiger partial charge in [0, 0.05) is 64.4 Å². The Hall–Kier alpha value is -6.56. The Balaban J connectivity index is 1.36. The minimum Gasteiger partial charge on any atom is -0.491 e.